The van der Waals surface area contributed by atoms with Crippen LogP contribution in [0.5, 0.6) is 5.75 Å². The topological polar surface area (TPSA) is 58.6 Å². The molecule has 0 heterocycles. The van der Waals surface area contributed by atoms with Crippen LogP contribution in [0.2, 0.25) is 0 Å². The van der Waals surface area contributed by atoms with E-state index in [2.05, 4.69) is 26.0 Å². The third-order valence-electron chi connectivity index (χ3n) is 2.58. The van der Waals surface area contributed by atoms with E-state index in [-0.39, 0.29) is 12.2 Å². The second-order valence-electron chi connectivity index (χ2n) is 4.26. The molecule has 4 nitrogen and oxygen atoms in total. The minimum absolute atomic E-state index is 0.0743. The van der Waals surface area contributed by atoms with E-state index in [0.29, 0.717) is 30.6 Å². The molecule has 1 aromatic rings. The van der Waals surface area contributed by atoms with Crippen molar-refractivity contribution in [3.63, 3.8) is 0 Å². The molecule has 7 heteroatoms. The summed E-state index contributed by atoms with van der Waals surface area (Å²) in [6.07, 6.45) is 0.554. The van der Waals surface area contributed by atoms with Gasteiger partial charge in [0.25, 0.3) is 0 Å². The van der Waals surface area contributed by atoms with Crippen LogP contribution in [-0.2, 0) is 11.3 Å². The van der Waals surface area contributed by atoms with Crippen LogP contribution in [0, 0.1) is 6.92 Å². The summed E-state index contributed by atoms with van der Waals surface area (Å²) in [6, 6.07) is 3.40. The van der Waals surface area contributed by atoms with Gasteiger partial charge in [-0.1, -0.05) is 15.9 Å². The number of carboxylic acid groups (broad SMARTS) is 1. The summed E-state index contributed by atoms with van der Waals surface area (Å²) in [5, 5.41) is 11.5. The zero-order valence-electron chi connectivity index (χ0n) is 11.0. The minimum atomic E-state index is -2.87. The minimum Gasteiger partial charge on any atom is -0.481 e. The summed E-state index contributed by atoms with van der Waals surface area (Å²) in [7, 11) is 0. The molecule has 0 spiro atoms. The highest BCUT2D eigenvalue weighted by atomic mass is 79.9. The lowest BCUT2D eigenvalue weighted by Crippen LogP contribution is -2.17. The number of halogens is 3. The van der Waals surface area contributed by atoms with Gasteiger partial charge in [-0.2, -0.15) is 8.78 Å². The molecule has 0 saturated heterocycles. The Kier molecular flexibility index (Phi) is 6.87. The zero-order valence-corrected chi connectivity index (χ0v) is 12.5. The smallest absolute Gasteiger partial charge is 0.387 e. The average Bonchev–Trinajstić information content (AvgIpc) is 2.32. The number of hydrogen-bond donors (Lipinski definition) is 2. The van der Waals surface area contributed by atoms with E-state index in [1.54, 1.807) is 19.1 Å². The van der Waals surface area contributed by atoms with E-state index in [1.807, 2.05) is 0 Å². The number of ether oxygens (including phenoxy) is 1. The molecule has 0 atom stereocenters. The molecule has 0 aliphatic rings. The molecule has 0 radical (unpaired) electrons. The second kappa shape index (κ2) is 8.16. The molecule has 0 aliphatic carbocycles. The van der Waals surface area contributed by atoms with Gasteiger partial charge < -0.3 is 15.2 Å². The standard InChI is InChI=1S/C13H16BrF2NO3/c1-8-5-10(14)6-9(12(8)20-13(15)16)7-17-4-2-3-11(18)19/h5-6,13,17H,2-4,7H2,1H3,(H,18,19). The van der Waals surface area contributed by atoms with E-state index in [4.69, 9.17) is 5.11 Å². The normalized spacial score (nSPS) is 10.8. The van der Waals surface area contributed by atoms with Gasteiger partial charge in [-0.25, -0.2) is 0 Å². The van der Waals surface area contributed by atoms with Crippen LogP contribution in [0.3, 0.4) is 0 Å². The van der Waals surface area contributed by atoms with Crippen LogP contribution in [0.25, 0.3) is 0 Å². The van der Waals surface area contributed by atoms with Crippen LogP contribution in [0.4, 0.5) is 8.78 Å². The van der Waals surface area contributed by atoms with Crippen molar-refractivity contribution in [1.29, 1.82) is 0 Å². The fourth-order valence-corrected chi connectivity index (χ4v) is 2.40. The Labute approximate surface area is 124 Å². The highest BCUT2D eigenvalue weighted by molar-refractivity contribution is 9.10. The second-order valence-corrected chi connectivity index (χ2v) is 5.18. The summed E-state index contributed by atoms with van der Waals surface area (Å²) in [6.45, 7) is -0.356. The summed E-state index contributed by atoms with van der Waals surface area (Å²) >= 11 is 3.31. The number of hydrogen-bond acceptors (Lipinski definition) is 3. The van der Waals surface area contributed by atoms with E-state index in [1.165, 1.54) is 0 Å². The number of aliphatic carboxylic acids is 1. The Balaban J connectivity index is 2.65. The number of carbonyl (C=O) groups is 1. The van der Waals surface area contributed by atoms with Crippen molar-refractivity contribution in [3.8, 4) is 5.75 Å². The van der Waals surface area contributed by atoms with E-state index in [0.717, 1.165) is 4.47 Å². The first kappa shape index (κ1) is 16.8. The number of carboxylic acids is 1. The number of aryl methyl sites for hydroxylation is 1. The van der Waals surface area contributed by atoms with E-state index in [9.17, 15) is 13.6 Å². The summed E-state index contributed by atoms with van der Waals surface area (Å²) < 4.78 is 30.1. The van der Waals surface area contributed by atoms with Gasteiger partial charge >= 0.3 is 12.6 Å². The van der Waals surface area contributed by atoms with Gasteiger partial charge in [0.2, 0.25) is 0 Å². The van der Waals surface area contributed by atoms with Gasteiger partial charge in [-0.05, 0) is 37.6 Å². The summed E-state index contributed by atoms with van der Waals surface area (Å²) in [5.74, 6) is -0.694. The quantitative estimate of drug-likeness (QED) is 0.705. The average molecular weight is 352 g/mol. The predicted molar refractivity (Wildman–Crippen MR) is 74.1 cm³/mol. The number of nitrogens with one attached hydrogen (secondary N) is 1. The van der Waals surface area contributed by atoms with Crippen molar-refractivity contribution in [2.75, 3.05) is 6.54 Å². The summed E-state index contributed by atoms with van der Waals surface area (Å²) in [5.41, 5.74) is 1.22. The summed E-state index contributed by atoms with van der Waals surface area (Å²) in [4.78, 5) is 10.4. The first-order valence-electron chi connectivity index (χ1n) is 6.06. The van der Waals surface area contributed by atoms with Gasteiger partial charge in [0.05, 0.1) is 0 Å². The third-order valence-corrected chi connectivity index (χ3v) is 3.04. The molecule has 0 aromatic heterocycles. The monoisotopic (exact) mass is 351 g/mol. The zero-order chi connectivity index (χ0) is 15.1. The Morgan fingerprint density at radius 3 is 2.80 bits per heavy atom. The van der Waals surface area contributed by atoms with Gasteiger partial charge in [0.1, 0.15) is 5.75 Å². The largest absolute Gasteiger partial charge is 0.481 e. The Morgan fingerprint density at radius 1 is 1.50 bits per heavy atom. The van der Waals surface area contributed by atoms with Gasteiger partial charge in [0, 0.05) is 23.0 Å². The van der Waals surface area contributed by atoms with Crippen molar-refractivity contribution in [3.05, 3.63) is 27.7 Å². The Bertz CT molecular complexity index is 469. The maximum atomic E-state index is 12.4. The van der Waals surface area contributed by atoms with Crippen molar-refractivity contribution in [1.82, 2.24) is 5.32 Å². The maximum Gasteiger partial charge on any atom is 0.387 e. The van der Waals surface area contributed by atoms with Crippen molar-refractivity contribution in [2.24, 2.45) is 0 Å². The molecule has 0 saturated carbocycles. The molecule has 1 aromatic carbocycles. The van der Waals surface area contributed by atoms with Crippen molar-refractivity contribution >= 4 is 21.9 Å². The predicted octanol–water partition coefficient (Wildman–Crippen LogP) is 3.31. The number of benzene rings is 1. The number of alkyl halides is 2. The third kappa shape index (κ3) is 5.83. The van der Waals surface area contributed by atoms with Gasteiger partial charge in [0.15, 0.2) is 0 Å². The first-order chi connectivity index (χ1) is 9.40. The molecule has 0 bridgehead atoms. The van der Waals surface area contributed by atoms with E-state index < -0.39 is 12.6 Å². The van der Waals surface area contributed by atoms with Crippen LogP contribution in [0.15, 0.2) is 16.6 Å². The molecule has 0 fully saturated rings. The van der Waals surface area contributed by atoms with E-state index >= 15 is 0 Å². The molecule has 2 N–H and O–H groups in total. The lowest BCUT2D eigenvalue weighted by Gasteiger charge is -2.14. The highest BCUT2D eigenvalue weighted by Crippen LogP contribution is 2.29. The highest BCUT2D eigenvalue weighted by Gasteiger charge is 2.13. The van der Waals surface area contributed by atoms with Gasteiger partial charge in [-0.15, -0.1) is 0 Å². The van der Waals surface area contributed by atoms with Crippen LogP contribution in [-0.4, -0.2) is 24.2 Å². The fraction of sp³-hybridized carbons (Fsp3) is 0.462. The molecular formula is C13H16BrF2NO3. The first-order valence-corrected chi connectivity index (χ1v) is 6.85. The Morgan fingerprint density at radius 2 is 2.20 bits per heavy atom. The fourth-order valence-electron chi connectivity index (χ4n) is 1.78. The lowest BCUT2D eigenvalue weighted by atomic mass is 10.1. The molecule has 112 valence electrons. The van der Waals surface area contributed by atoms with Gasteiger partial charge in [-0.3, -0.25) is 4.79 Å². The molecule has 0 aliphatic heterocycles. The maximum absolute atomic E-state index is 12.4. The molecule has 20 heavy (non-hydrogen) atoms. The lowest BCUT2D eigenvalue weighted by molar-refractivity contribution is -0.137. The van der Waals surface area contributed by atoms with Crippen molar-refractivity contribution < 1.29 is 23.4 Å². The van der Waals surface area contributed by atoms with Crippen LogP contribution < -0.4 is 10.1 Å². The Hall–Kier alpha value is -1.21. The molecular weight excluding hydrogens is 336 g/mol. The molecule has 0 unspecified atom stereocenters. The molecule has 1 rings (SSSR count). The van der Waals surface area contributed by atoms with Crippen molar-refractivity contribution in [2.45, 2.75) is 32.9 Å². The SMILES string of the molecule is Cc1cc(Br)cc(CNCCCC(=O)O)c1OC(F)F. The number of rotatable bonds is 8. The van der Waals surface area contributed by atoms with Crippen LogP contribution >= 0.6 is 15.9 Å². The molecule has 0 amide bonds. The van der Waals surface area contributed by atoms with Crippen LogP contribution in [0.1, 0.15) is 24.0 Å².